The molecule has 1 unspecified atom stereocenters. The molecule has 0 bridgehead atoms. The molecule has 1 aliphatic rings. The van der Waals surface area contributed by atoms with E-state index in [4.69, 9.17) is 4.74 Å². The Morgan fingerprint density at radius 2 is 2.19 bits per heavy atom. The summed E-state index contributed by atoms with van der Waals surface area (Å²) in [7, 11) is 0. The van der Waals surface area contributed by atoms with Crippen LogP contribution in [-0.4, -0.2) is 11.6 Å². The standard InChI is InChI=1S/C13H14N2O/c1-2-6-13-11(5-1)12(9-16-13)15-8-10-4-3-7-14-10/h1-7,12,14-15H,8-9H2. The minimum atomic E-state index is 0.305. The molecule has 0 fully saturated rings. The zero-order valence-electron chi connectivity index (χ0n) is 8.94. The monoisotopic (exact) mass is 214 g/mol. The fourth-order valence-electron chi connectivity index (χ4n) is 2.04. The lowest BCUT2D eigenvalue weighted by molar-refractivity contribution is 0.310. The van der Waals surface area contributed by atoms with Crippen molar-refractivity contribution in [2.75, 3.05) is 6.61 Å². The second-order valence-corrected chi connectivity index (χ2v) is 3.98. The van der Waals surface area contributed by atoms with Crippen molar-refractivity contribution >= 4 is 0 Å². The van der Waals surface area contributed by atoms with Gasteiger partial charge in [-0.05, 0) is 18.2 Å². The fraction of sp³-hybridized carbons (Fsp3) is 0.231. The van der Waals surface area contributed by atoms with Gasteiger partial charge in [0.25, 0.3) is 0 Å². The number of hydrogen-bond donors (Lipinski definition) is 2. The van der Waals surface area contributed by atoms with E-state index in [1.165, 1.54) is 11.3 Å². The van der Waals surface area contributed by atoms with Crippen molar-refractivity contribution in [2.24, 2.45) is 0 Å². The molecule has 1 atom stereocenters. The number of H-pyrrole nitrogens is 1. The van der Waals surface area contributed by atoms with E-state index in [1.54, 1.807) is 0 Å². The number of rotatable bonds is 3. The quantitative estimate of drug-likeness (QED) is 0.822. The van der Waals surface area contributed by atoms with Gasteiger partial charge < -0.3 is 15.0 Å². The SMILES string of the molecule is c1c[nH]c(CNC2COc3ccccc32)c1. The van der Waals surface area contributed by atoms with Gasteiger partial charge in [0, 0.05) is 24.0 Å². The number of nitrogens with one attached hydrogen (secondary N) is 2. The van der Waals surface area contributed by atoms with Gasteiger partial charge in [0.15, 0.2) is 0 Å². The van der Waals surface area contributed by atoms with Crippen LogP contribution in [0.1, 0.15) is 17.3 Å². The Balaban J connectivity index is 1.69. The molecule has 0 saturated carbocycles. The number of hydrogen-bond acceptors (Lipinski definition) is 2. The lowest BCUT2D eigenvalue weighted by Gasteiger charge is -2.10. The minimum Gasteiger partial charge on any atom is -0.491 e. The molecule has 0 radical (unpaired) electrons. The van der Waals surface area contributed by atoms with E-state index in [0.29, 0.717) is 6.04 Å². The molecule has 2 N–H and O–H groups in total. The highest BCUT2D eigenvalue weighted by Crippen LogP contribution is 2.31. The zero-order valence-corrected chi connectivity index (χ0v) is 8.94. The molecular weight excluding hydrogens is 200 g/mol. The largest absolute Gasteiger partial charge is 0.491 e. The Labute approximate surface area is 94.5 Å². The van der Waals surface area contributed by atoms with Crippen molar-refractivity contribution in [3.63, 3.8) is 0 Å². The van der Waals surface area contributed by atoms with Crippen LogP contribution in [0.5, 0.6) is 5.75 Å². The number of ether oxygens (including phenoxy) is 1. The maximum Gasteiger partial charge on any atom is 0.124 e. The summed E-state index contributed by atoms with van der Waals surface area (Å²) in [4.78, 5) is 3.18. The number of benzene rings is 1. The second kappa shape index (κ2) is 4.02. The van der Waals surface area contributed by atoms with E-state index >= 15 is 0 Å². The van der Waals surface area contributed by atoms with Gasteiger partial charge in [-0.25, -0.2) is 0 Å². The summed E-state index contributed by atoms with van der Waals surface area (Å²) < 4.78 is 5.61. The molecule has 16 heavy (non-hydrogen) atoms. The van der Waals surface area contributed by atoms with E-state index in [-0.39, 0.29) is 0 Å². The third-order valence-electron chi connectivity index (χ3n) is 2.90. The van der Waals surface area contributed by atoms with Crippen molar-refractivity contribution in [2.45, 2.75) is 12.6 Å². The number of para-hydroxylation sites is 1. The van der Waals surface area contributed by atoms with Crippen molar-refractivity contribution < 1.29 is 4.74 Å². The molecule has 0 spiro atoms. The maximum atomic E-state index is 5.61. The number of aromatic nitrogens is 1. The zero-order chi connectivity index (χ0) is 10.8. The van der Waals surface area contributed by atoms with E-state index < -0.39 is 0 Å². The van der Waals surface area contributed by atoms with Gasteiger partial charge in [-0.3, -0.25) is 0 Å². The number of fused-ring (bicyclic) bond motifs is 1. The minimum absolute atomic E-state index is 0.305. The molecule has 0 amide bonds. The summed E-state index contributed by atoms with van der Waals surface area (Å²) in [5.41, 5.74) is 2.46. The summed E-state index contributed by atoms with van der Waals surface area (Å²) in [5, 5.41) is 3.48. The predicted molar refractivity (Wildman–Crippen MR) is 62.3 cm³/mol. The molecule has 82 valence electrons. The molecule has 1 aliphatic heterocycles. The first kappa shape index (κ1) is 9.48. The topological polar surface area (TPSA) is 37.0 Å². The Hall–Kier alpha value is -1.74. The highest BCUT2D eigenvalue weighted by molar-refractivity contribution is 5.39. The lowest BCUT2D eigenvalue weighted by atomic mass is 10.1. The highest BCUT2D eigenvalue weighted by atomic mass is 16.5. The molecule has 3 nitrogen and oxygen atoms in total. The molecule has 1 aromatic carbocycles. The van der Waals surface area contributed by atoms with Crippen LogP contribution in [0.15, 0.2) is 42.6 Å². The predicted octanol–water partition coefficient (Wildman–Crippen LogP) is 2.24. The van der Waals surface area contributed by atoms with Gasteiger partial charge in [-0.2, -0.15) is 0 Å². The molecule has 3 rings (SSSR count). The van der Waals surface area contributed by atoms with Crippen LogP contribution in [-0.2, 0) is 6.54 Å². The lowest BCUT2D eigenvalue weighted by Crippen LogP contribution is -2.22. The first-order chi connectivity index (χ1) is 7.93. The van der Waals surface area contributed by atoms with Crippen LogP contribution < -0.4 is 10.1 Å². The maximum absolute atomic E-state index is 5.61. The normalized spacial score (nSPS) is 18.1. The third kappa shape index (κ3) is 1.70. The van der Waals surface area contributed by atoms with Gasteiger partial charge in [0.1, 0.15) is 12.4 Å². The molecule has 0 aliphatic carbocycles. The summed E-state index contributed by atoms with van der Waals surface area (Å²) in [6, 6.07) is 12.6. The summed E-state index contributed by atoms with van der Waals surface area (Å²) in [6.07, 6.45) is 1.94. The molecular formula is C13H14N2O. The van der Waals surface area contributed by atoms with Crippen molar-refractivity contribution in [1.29, 1.82) is 0 Å². The van der Waals surface area contributed by atoms with Crippen LogP contribution in [0, 0.1) is 0 Å². The van der Waals surface area contributed by atoms with E-state index in [2.05, 4.69) is 28.5 Å². The first-order valence-corrected chi connectivity index (χ1v) is 5.51. The van der Waals surface area contributed by atoms with E-state index in [1.807, 2.05) is 24.4 Å². The Morgan fingerprint density at radius 1 is 1.25 bits per heavy atom. The van der Waals surface area contributed by atoms with Gasteiger partial charge in [0.05, 0.1) is 6.04 Å². The Morgan fingerprint density at radius 3 is 3.06 bits per heavy atom. The molecule has 2 heterocycles. The van der Waals surface area contributed by atoms with Gasteiger partial charge in [-0.15, -0.1) is 0 Å². The van der Waals surface area contributed by atoms with Crippen molar-refractivity contribution in [3.05, 3.63) is 53.9 Å². The van der Waals surface area contributed by atoms with Crippen LogP contribution in [0.25, 0.3) is 0 Å². The average Bonchev–Trinajstić information content (AvgIpc) is 2.96. The van der Waals surface area contributed by atoms with E-state index in [9.17, 15) is 0 Å². The fourth-order valence-corrected chi connectivity index (χ4v) is 2.04. The molecule has 1 aromatic heterocycles. The smallest absolute Gasteiger partial charge is 0.124 e. The van der Waals surface area contributed by atoms with Crippen molar-refractivity contribution in [1.82, 2.24) is 10.3 Å². The molecule has 0 saturated heterocycles. The van der Waals surface area contributed by atoms with E-state index in [0.717, 1.165) is 18.9 Å². The molecule has 3 heteroatoms. The highest BCUT2D eigenvalue weighted by Gasteiger charge is 2.22. The van der Waals surface area contributed by atoms with Gasteiger partial charge in [-0.1, -0.05) is 18.2 Å². The average molecular weight is 214 g/mol. The van der Waals surface area contributed by atoms with Crippen molar-refractivity contribution in [3.8, 4) is 5.75 Å². The summed E-state index contributed by atoms with van der Waals surface area (Å²) in [5.74, 6) is 1.01. The molecule has 2 aromatic rings. The van der Waals surface area contributed by atoms with Gasteiger partial charge in [0.2, 0.25) is 0 Å². The van der Waals surface area contributed by atoms with Crippen LogP contribution in [0.4, 0.5) is 0 Å². The number of aromatic amines is 1. The Kier molecular flexibility index (Phi) is 2.38. The summed E-state index contributed by atoms with van der Waals surface area (Å²) >= 11 is 0. The first-order valence-electron chi connectivity index (χ1n) is 5.51. The Bertz CT molecular complexity index is 465. The van der Waals surface area contributed by atoms with Crippen LogP contribution in [0.2, 0.25) is 0 Å². The summed E-state index contributed by atoms with van der Waals surface area (Å²) in [6.45, 7) is 1.56. The van der Waals surface area contributed by atoms with Gasteiger partial charge >= 0.3 is 0 Å². The van der Waals surface area contributed by atoms with Crippen LogP contribution >= 0.6 is 0 Å². The second-order valence-electron chi connectivity index (χ2n) is 3.98. The van der Waals surface area contributed by atoms with Crippen LogP contribution in [0.3, 0.4) is 0 Å². The third-order valence-corrected chi connectivity index (χ3v) is 2.90.